The van der Waals surface area contributed by atoms with E-state index < -0.39 is 12.0 Å². The lowest BCUT2D eigenvalue weighted by atomic mass is 10.0. The average Bonchev–Trinajstić information content (AvgIpc) is 2.38. The van der Waals surface area contributed by atoms with Crippen molar-refractivity contribution in [3.05, 3.63) is 35.9 Å². The van der Waals surface area contributed by atoms with E-state index >= 15 is 0 Å². The van der Waals surface area contributed by atoms with Gasteiger partial charge in [-0.05, 0) is 19.5 Å². The van der Waals surface area contributed by atoms with Crippen LogP contribution in [0.4, 0.5) is 0 Å². The van der Waals surface area contributed by atoms with Crippen LogP contribution in [-0.2, 0) is 4.79 Å². The Kier molecular flexibility index (Phi) is 7.96. The Bertz CT molecular complexity index is 317. The molecule has 5 nitrogen and oxygen atoms in total. The number of aliphatic hydroxyl groups is 1. The highest BCUT2D eigenvalue weighted by Crippen LogP contribution is 2.15. The number of hydrogen-bond donors (Lipinski definition) is 4. The van der Waals surface area contributed by atoms with Crippen molar-refractivity contribution < 1.29 is 9.90 Å². The lowest BCUT2D eigenvalue weighted by Crippen LogP contribution is -2.28. The summed E-state index contributed by atoms with van der Waals surface area (Å²) in [5.41, 5.74) is 10.2. The first-order valence-electron chi connectivity index (χ1n) is 5.41. The number of carbonyl (C=O) groups excluding carboxylic acids is 1. The zero-order chi connectivity index (χ0) is 13.3. The number of likely N-dealkylation sites (N-methyl/N-ethyl adjacent to an activating group) is 1. The second-order valence-corrected chi connectivity index (χ2v) is 3.60. The number of primary amides is 1. The molecule has 5 heteroatoms. The van der Waals surface area contributed by atoms with Gasteiger partial charge in [0, 0.05) is 6.04 Å². The highest BCUT2D eigenvalue weighted by atomic mass is 16.3. The molecule has 1 rings (SSSR count). The van der Waals surface area contributed by atoms with Gasteiger partial charge in [0.05, 0.1) is 12.6 Å². The highest BCUT2D eigenvalue weighted by Gasteiger charge is 2.12. The van der Waals surface area contributed by atoms with Gasteiger partial charge in [0.25, 0.3) is 0 Å². The largest absolute Gasteiger partial charge is 0.387 e. The van der Waals surface area contributed by atoms with Crippen LogP contribution in [0.2, 0.25) is 0 Å². The molecular weight excluding hydrogens is 218 g/mol. The molecule has 0 spiro atoms. The number of nitrogens with one attached hydrogen (secondary N) is 1. The highest BCUT2D eigenvalue weighted by molar-refractivity contribution is 5.75. The molecule has 0 aromatic heterocycles. The van der Waals surface area contributed by atoms with Crippen molar-refractivity contribution in [3.8, 4) is 0 Å². The summed E-state index contributed by atoms with van der Waals surface area (Å²) in [4.78, 5) is 9.47. The second-order valence-electron chi connectivity index (χ2n) is 3.60. The number of rotatable bonds is 4. The normalized spacial score (nSPS) is 13.2. The molecule has 0 aliphatic heterocycles. The third-order valence-corrected chi connectivity index (χ3v) is 2.27. The number of carbonyl (C=O) groups is 1. The van der Waals surface area contributed by atoms with Gasteiger partial charge >= 0.3 is 0 Å². The van der Waals surface area contributed by atoms with E-state index in [1.807, 2.05) is 44.3 Å². The van der Waals surface area contributed by atoms with Crippen LogP contribution in [0.5, 0.6) is 0 Å². The first kappa shape index (κ1) is 15.6. The first-order chi connectivity index (χ1) is 8.02. The number of amides is 1. The summed E-state index contributed by atoms with van der Waals surface area (Å²) in [6, 6.07) is 9.76. The minimum atomic E-state index is -0.468. The molecule has 1 amide bonds. The fraction of sp³-hybridized carbons (Fsp3) is 0.417. The predicted octanol–water partition coefficient (Wildman–Crippen LogP) is -0.242. The molecule has 1 aromatic rings. The third kappa shape index (κ3) is 6.68. The Morgan fingerprint density at radius 1 is 1.41 bits per heavy atom. The molecule has 96 valence electrons. The molecule has 1 aromatic carbocycles. The van der Waals surface area contributed by atoms with Crippen LogP contribution in [0.15, 0.2) is 30.3 Å². The van der Waals surface area contributed by atoms with Crippen molar-refractivity contribution in [1.29, 1.82) is 0 Å². The Balaban J connectivity index is 0.000000437. The predicted molar refractivity (Wildman–Crippen MR) is 68.2 cm³/mol. The molecular formula is C12H21N3O2. The van der Waals surface area contributed by atoms with Crippen molar-refractivity contribution in [3.63, 3.8) is 0 Å². The zero-order valence-electron chi connectivity index (χ0n) is 10.3. The Labute approximate surface area is 102 Å². The molecule has 0 aliphatic rings. The number of aliphatic hydroxyl groups excluding tert-OH is 1. The van der Waals surface area contributed by atoms with Gasteiger partial charge in [0.1, 0.15) is 0 Å². The molecule has 0 saturated heterocycles. The summed E-state index contributed by atoms with van der Waals surface area (Å²) < 4.78 is 0. The molecule has 0 saturated carbocycles. The average molecular weight is 239 g/mol. The van der Waals surface area contributed by atoms with Crippen LogP contribution in [-0.4, -0.2) is 30.6 Å². The zero-order valence-corrected chi connectivity index (χ0v) is 10.3. The Morgan fingerprint density at radius 2 is 1.88 bits per heavy atom. The van der Waals surface area contributed by atoms with E-state index in [2.05, 4.69) is 11.1 Å². The topological polar surface area (TPSA) is 101 Å². The quantitative estimate of drug-likeness (QED) is 0.582. The lowest BCUT2D eigenvalue weighted by molar-refractivity contribution is -0.116. The van der Waals surface area contributed by atoms with Crippen LogP contribution < -0.4 is 16.8 Å². The molecule has 2 unspecified atom stereocenters. The van der Waals surface area contributed by atoms with E-state index in [0.29, 0.717) is 0 Å². The lowest BCUT2D eigenvalue weighted by Gasteiger charge is -2.17. The fourth-order valence-electron chi connectivity index (χ4n) is 1.10. The molecule has 0 radical (unpaired) electrons. The van der Waals surface area contributed by atoms with Crippen LogP contribution in [0, 0.1) is 0 Å². The van der Waals surface area contributed by atoms with Gasteiger partial charge in [-0.25, -0.2) is 0 Å². The Hall–Kier alpha value is -1.43. The molecule has 6 N–H and O–H groups in total. The molecule has 0 aliphatic carbocycles. The summed E-state index contributed by atoms with van der Waals surface area (Å²) >= 11 is 0. The van der Waals surface area contributed by atoms with E-state index in [1.54, 1.807) is 0 Å². The van der Waals surface area contributed by atoms with Gasteiger partial charge in [-0.1, -0.05) is 30.3 Å². The minimum Gasteiger partial charge on any atom is -0.387 e. The van der Waals surface area contributed by atoms with Gasteiger partial charge in [-0.3, -0.25) is 4.79 Å². The molecule has 0 fully saturated rings. The molecule has 17 heavy (non-hydrogen) atoms. The SMILES string of the molecule is CNC(C)C(O)c1ccccc1.NCC(N)=O. The number of hydrogen-bond acceptors (Lipinski definition) is 4. The van der Waals surface area contributed by atoms with E-state index in [9.17, 15) is 9.90 Å². The Morgan fingerprint density at radius 3 is 2.24 bits per heavy atom. The number of nitrogens with two attached hydrogens (primary N) is 2. The summed E-state index contributed by atoms with van der Waals surface area (Å²) in [5.74, 6) is -0.468. The third-order valence-electron chi connectivity index (χ3n) is 2.27. The summed E-state index contributed by atoms with van der Waals surface area (Å²) in [6.45, 7) is 1.90. The summed E-state index contributed by atoms with van der Waals surface area (Å²) in [6.07, 6.45) is -0.420. The minimum absolute atomic E-state index is 0.0556. The van der Waals surface area contributed by atoms with Crippen molar-refractivity contribution in [2.45, 2.75) is 19.1 Å². The smallest absolute Gasteiger partial charge is 0.231 e. The second kappa shape index (κ2) is 8.69. The van der Waals surface area contributed by atoms with Crippen molar-refractivity contribution in [2.24, 2.45) is 11.5 Å². The summed E-state index contributed by atoms with van der Waals surface area (Å²) in [5, 5.41) is 12.7. The maximum atomic E-state index is 9.73. The van der Waals surface area contributed by atoms with E-state index in [1.165, 1.54) is 0 Å². The van der Waals surface area contributed by atoms with Crippen molar-refractivity contribution >= 4 is 5.91 Å². The molecule has 0 bridgehead atoms. The van der Waals surface area contributed by atoms with E-state index in [4.69, 9.17) is 5.73 Å². The summed E-state index contributed by atoms with van der Waals surface area (Å²) in [7, 11) is 1.84. The number of benzene rings is 1. The maximum absolute atomic E-state index is 9.73. The van der Waals surface area contributed by atoms with Crippen molar-refractivity contribution in [1.82, 2.24) is 5.32 Å². The van der Waals surface area contributed by atoms with Crippen LogP contribution in [0.1, 0.15) is 18.6 Å². The molecule has 0 heterocycles. The van der Waals surface area contributed by atoms with Crippen LogP contribution in [0.25, 0.3) is 0 Å². The van der Waals surface area contributed by atoms with Crippen molar-refractivity contribution in [2.75, 3.05) is 13.6 Å². The molecule has 2 atom stereocenters. The van der Waals surface area contributed by atoms with Gasteiger partial charge in [0.2, 0.25) is 5.91 Å². The first-order valence-corrected chi connectivity index (χ1v) is 5.41. The van der Waals surface area contributed by atoms with Gasteiger partial charge in [-0.15, -0.1) is 0 Å². The van der Waals surface area contributed by atoms with Crippen LogP contribution in [0.3, 0.4) is 0 Å². The maximum Gasteiger partial charge on any atom is 0.231 e. The fourth-order valence-corrected chi connectivity index (χ4v) is 1.10. The van der Waals surface area contributed by atoms with E-state index in [0.717, 1.165) is 5.56 Å². The van der Waals surface area contributed by atoms with Gasteiger partial charge in [-0.2, -0.15) is 0 Å². The van der Waals surface area contributed by atoms with Gasteiger partial charge < -0.3 is 21.9 Å². The standard InChI is InChI=1S/C10H15NO.C2H6N2O/c1-8(11-2)10(12)9-6-4-3-5-7-9;3-1-2(4)5/h3-8,10-12H,1-2H3;1,3H2,(H2,4,5). The monoisotopic (exact) mass is 239 g/mol. The van der Waals surface area contributed by atoms with E-state index in [-0.39, 0.29) is 12.6 Å². The van der Waals surface area contributed by atoms with Crippen LogP contribution >= 0.6 is 0 Å². The van der Waals surface area contributed by atoms with Gasteiger partial charge in [0.15, 0.2) is 0 Å².